The van der Waals surface area contributed by atoms with Gasteiger partial charge in [-0.05, 0) is 35.9 Å². The van der Waals surface area contributed by atoms with Gasteiger partial charge in [-0.25, -0.2) is 9.18 Å². The zero-order valence-electron chi connectivity index (χ0n) is 18.7. The fourth-order valence-electron chi connectivity index (χ4n) is 3.68. The number of thioether (sulfide) groups is 1. The summed E-state index contributed by atoms with van der Waals surface area (Å²) in [6, 6.07) is 15.9. The third-order valence-corrected chi connectivity index (χ3v) is 7.86. The number of amides is 1. The van der Waals surface area contributed by atoms with Gasteiger partial charge in [-0.3, -0.25) is 14.5 Å². The Bertz CT molecular complexity index is 1640. The maximum atomic E-state index is 13.1. The summed E-state index contributed by atoms with van der Waals surface area (Å²) in [5, 5.41) is 0.448. The van der Waals surface area contributed by atoms with Crippen LogP contribution in [0.4, 0.5) is 4.39 Å². The summed E-state index contributed by atoms with van der Waals surface area (Å²) in [7, 11) is 0. The first-order chi connectivity index (χ1) is 17.8. The molecule has 1 aromatic heterocycles. The summed E-state index contributed by atoms with van der Waals surface area (Å²) in [5.74, 6) is -1.08. The third kappa shape index (κ3) is 5.52. The number of hydrogen-bond donors (Lipinski definition) is 0. The van der Waals surface area contributed by atoms with E-state index in [0.29, 0.717) is 41.2 Å². The number of hydrogen-bond acceptors (Lipinski definition) is 8. The van der Waals surface area contributed by atoms with Crippen LogP contribution in [0.1, 0.15) is 12.0 Å². The number of benzene rings is 3. The summed E-state index contributed by atoms with van der Waals surface area (Å²) >= 11 is 13.7. The van der Waals surface area contributed by atoms with Crippen molar-refractivity contribution in [3.63, 3.8) is 0 Å². The predicted octanol–water partition coefficient (Wildman–Crippen LogP) is 6.51. The molecule has 0 radical (unpaired) electrons. The van der Waals surface area contributed by atoms with E-state index in [0.717, 1.165) is 23.1 Å². The minimum Gasteiger partial charge on any atom is -0.426 e. The Morgan fingerprint density at radius 2 is 1.86 bits per heavy atom. The Morgan fingerprint density at radius 3 is 2.62 bits per heavy atom. The van der Waals surface area contributed by atoms with E-state index in [1.807, 2.05) is 0 Å². The normalized spacial score (nSPS) is 14.6. The van der Waals surface area contributed by atoms with Gasteiger partial charge in [0.05, 0.1) is 16.0 Å². The molecule has 1 amide bonds. The predicted molar refractivity (Wildman–Crippen MR) is 147 cm³/mol. The number of halogens is 2. The fourth-order valence-corrected chi connectivity index (χ4v) is 5.95. The minimum absolute atomic E-state index is 0.0307. The summed E-state index contributed by atoms with van der Waals surface area (Å²) < 4.78 is 24.9. The molecule has 11 heteroatoms. The molecule has 37 heavy (non-hydrogen) atoms. The van der Waals surface area contributed by atoms with Gasteiger partial charge in [-0.15, -0.1) is 0 Å². The Balaban J connectivity index is 1.31. The molecular weight excluding hydrogens is 557 g/mol. The lowest BCUT2D eigenvalue weighted by molar-refractivity contribution is -0.134. The van der Waals surface area contributed by atoms with Gasteiger partial charge in [0.15, 0.2) is 5.58 Å². The standard InChI is InChI=1S/C26H15ClFNO5S3/c27-19-4-2-1-3-17(19)18-12-16(13-20-23(18)34-26(32)37-20)33-22(30)9-10-29-24(31)21(36-25(29)35)11-14-5-7-15(28)8-6-14/h1-8,11-13H,9-10H2. The number of carbonyl (C=O) groups is 2. The van der Waals surface area contributed by atoms with E-state index in [1.54, 1.807) is 54.6 Å². The van der Waals surface area contributed by atoms with Crippen LogP contribution in [-0.4, -0.2) is 27.6 Å². The molecule has 0 bridgehead atoms. The Morgan fingerprint density at radius 1 is 1.11 bits per heavy atom. The fraction of sp³-hybridized carbons (Fsp3) is 0.0769. The van der Waals surface area contributed by atoms with Crippen molar-refractivity contribution < 1.29 is 23.1 Å². The van der Waals surface area contributed by atoms with Crippen molar-refractivity contribution in [3.05, 3.63) is 91.7 Å². The van der Waals surface area contributed by atoms with E-state index in [9.17, 15) is 18.8 Å². The van der Waals surface area contributed by atoms with Crippen LogP contribution >= 0.6 is 46.9 Å². The van der Waals surface area contributed by atoms with Crippen LogP contribution in [0.15, 0.2) is 74.8 Å². The molecule has 0 spiro atoms. The van der Waals surface area contributed by atoms with E-state index in [4.69, 9.17) is 33.0 Å². The van der Waals surface area contributed by atoms with Crippen molar-refractivity contribution in [2.24, 2.45) is 0 Å². The highest BCUT2D eigenvalue weighted by Gasteiger charge is 2.32. The molecule has 4 aromatic rings. The smallest absolute Gasteiger partial charge is 0.396 e. The molecule has 1 aliphatic heterocycles. The second-order valence-corrected chi connectivity index (χ2v) is 10.9. The second kappa shape index (κ2) is 10.6. The molecule has 1 fully saturated rings. The topological polar surface area (TPSA) is 76.8 Å². The molecule has 0 aliphatic carbocycles. The zero-order valence-corrected chi connectivity index (χ0v) is 21.9. The van der Waals surface area contributed by atoms with Gasteiger partial charge in [-0.2, -0.15) is 0 Å². The Kier molecular flexibility index (Phi) is 7.25. The SMILES string of the molecule is O=C(CCN1C(=O)C(=Cc2ccc(F)cc2)SC1=S)Oc1cc(-c2ccccc2Cl)c2oc(=O)sc2c1. The maximum absolute atomic E-state index is 13.1. The lowest BCUT2D eigenvalue weighted by Crippen LogP contribution is -2.31. The number of esters is 1. The van der Waals surface area contributed by atoms with Gasteiger partial charge in [0.1, 0.15) is 15.9 Å². The van der Waals surface area contributed by atoms with Crippen molar-refractivity contribution in [2.45, 2.75) is 6.42 Å². The van der Waals surface area contributed by atoms with E-state index in [2.05, 4.69) is 0 Å². The molecule has 186 valence electrons. The Hall–Kier alpha value is -3.31. The molecule has 0 N–H and O–H groups in total. The Labute approximate surface area is 228 Å². The highest BCUT2D eigenvalue weighted by atomic mass is 35.5. The van der Waals surface area contributed by atoms with Crippen molar-refractivity contribution >= 4 is 79.5 Å². The average Bonchev–Trinajstić information content (AvgIpc) is 3.36. The number of carbonyl (C=O) groups excluding carboxylic acids is 2. The quantitative estimate of drug-likeness (QED) is 0.113. The van der Waals surface area contributed by atoms with Crippen molar-refractivity contribution in [1.29, 1.82) is 0 Å². The van der Waals surface area contributed by atoms with Crippen LogP contribution in [0.5, 0.6) is 5.75 Å². The van der Waals surface area contributed by atoms with Crippen molar-refractivity contribution in [1.82, 2.24) is 4.90 Å². The third-order valence-electron chi connectivity index (χ3n) is 5.38. The van der Waals surface area contributed by atoms with Gasteiger partial charge >= 0.3 is 10.9 Å². The van der Waals surface area contributed by atoms with Crippen molar-refractivity contribution in [2.75, 3.05) is 6.54 Å². The van der Waals surface area contributed by atoms with Gasteiger partial charge in [0.25, 0.3) is 5.91 Å². The molecule has 3 aromatic carbocycles. The van der Waals surface area contributed by atoms with Crippen LogP contribution in [0, 0.1) is 5.82 Å². The molecule has 2 heterocycles. The first-order valence-corrected chi connectivity index (χ1v) is 13.2. The molecule has 5 rings (SSSR count). The van der Waals surface area contributed by atoms with E-state index >= 15 is 0 Å². The number of nitrogens with zero attached hydrogens (tertiary/aromatic N) is 1. The van der Waals surface area contributed by atoms with Crippen LogP contribution in [-0.2, 0) is 9.59 Å². The monoisotopic (exact) mass is 571 g/mol. The molecule has 0 unspecified atom stereocenters. The molecule has 0 atom stereocenters. The summed E-state index contributed by atoms with van der Waals surface area (Å²) in [6.45, 7) is 0.0307. The van der Waals surface area contributed by atoms with Gasteiger partial charge < -0.3 is 9.15 Å². The summed E-state index contributed by atoms with van der Waals surface area (Å²) in [5.41, 5.74) is 2.16. The van der Waals surface area contributed by atoms with E-state index in [1.165, 1.54) is 17.0 Å². The van der Waals surface area contributed by atoms with E-state index < -0.39 is 10.9 Å². The van der Waals surface area contributed by atoms with Crippen LogP contribution < -0.4 is 9.68 Å². The van der Waals surface area contributed by atoms with Gasteiger partial charge in [0, 0.05) is 28.8 Å². The number of ether oxygens (including phenoxy) is 1. The second-order valence-electron chi connectivity index (χ2n) is 7.84. The minimum atomic E-state index is -0.586. The molecule has 1 saturated heterocycles. The highest BCUT2D eigenvalue weighted by Crippen LogP contribution is 2.38. The average molecular weight is 572 g/mol. The highest BCUT2D eigenvalue weighted by molar-refractivity contribution is 8.26. The number of thiocarbonyl (C=S) groups is 1. The van der Waals surface area contributed by atoms with Crippen LogP contribution in [0.25, 0.3) is 27.5 Å². The van der Waals surface area contributed by atoms with Crippen LogP contribution in [0.3, 0.4) is 0 Å². The van der Waals surface area contributed by atoms with E-state index in [-0.39, 0.29) is 30.4 Å². The van der Waals surface area contributed by atoms with Gasteiger partial charge in [0.2, 0.25) is 0 Å². The van der Waals surface area contributed by atoms with Gasteiger partial charge in [-0.1, -0.05) is 77.2 Å². The number of rotatable bonds is 6. The first-order valence-electron chi connectivity index (χ1n) is 10.8. The lowest BCUT2D eigenvalue weighted by atomic mass is 10.0. The first kappa shape index (κ1) is 25.3. The largest absolute Gasteiger partial charge is 0.426 e. The summed E-state index contributed by atoms with van der Waals surface area (Å²) in [6.07, 6.45) is 1.51. The lowest BCUT2D eigenvalue weighted by Gasteiger charge is -2.14. The number of fused-ring (bicyclic) bond motifs is 1. The molecular formula is C26H15ClFNO5S3. The summed E-state index contributed by atoms with van der Waals surface area (Å²) in [4.78, 5) is 38.6. The van der Waals surface area contributed by atoms with Crippen molar-refractivity contribution in [3.8, 4) is 16.9 Å². The molecule has 1 aliphatic rings. The zero-order chi connectivity index (χ0) is 26.1. The maximum Gasteiger partial charge on any atom is 0.396 e. The van der Waals surface area contributed by atoms with Crippen LogP contribution in [0.2, 0.25) is 5.02 Å². The molecule has 6 nitrogen and oxygen atoms in total. The molecule has 0 saturated carbocycles.